The number of rotatable bonds is 6. The molecule has 166 valence electrons. The second kappa shape index (κ2) is 8.71. The molecule has 1 aliphatic heterocycles. The molecule has 2 aromatic carbocycles. The zero-order valence-corrected chi connectivity index (χ0v) is 18.6. The number of H-pyrrole nitrogens is 1. The predicted molar refractivity (Wildman–Crippen MR) is 134 cm³/mol. The van der Waals surface area contributed by atoms with Crippen molar-refractivity contribution in [3.8, 4) is 11.3 Å². The van der Waals surface area contributed by atoms with E-state index in [2.05, 4.69) is 85.4 Å². The Labute approximate surface area is 193 Å². The molecule has 1 saturated heterocycles. The molecular formula is C27H28N6. The van der Waals surface area contributed by atoms with E-state index in [1.807, 2.05) is 18.6 Å². The summed E-state index contributed by atoms with van der Waals surface area (Å²) >= 11 is 0. The van der Waals surface area contributed by atoms with Gasteiger partial charge in [0, 0.05) is 54.4 Å². The maximum Gasteiger partial charge on any atom is 0.117 e. The number of likely N-dealkylation sites (tertiary alicyclic amines) is 1. The molecule has 5 aromatic rings. The molecule has 1 aliphatic rings. The van der Waals surface area contributed by atoms with Crippen LogP contribution in [0.1, 0.15) is 24.6 Å². The van der Waals surface area contributed by atoms with Gasteiger partial charge in [0.1, 0.15) is 5.82 Å². The average molecular weight is 437 g/mol. The van der Waals surface area contributed by atoms with Gasteiger partial charge in [-0.3, -0.25) is 9.38 Å². The second-order valence-corrected chi connectivity index (χ2v) is 8.84. The van der Waals surface area contributed by atoms with Gasteiger partial charge >= 0.3 is 0 Å². The Morgan fingerprint density at radius 2 is 1.91 bits per heavy atom. The average Bonchev–Trinajstić information content (AvgIpc) is 3.50. The first-order valence-electron chi connectivity index (χ1n) is 11.8. The number of hydrogen-bond acceptors (Lipinski definition) is 4. The number of benzene rings is 2. The summed E-state index contributed by atoms with van der Waals surface area (Å²) in [5.74, 6) is 1.62. The number of nitrogens with one attached hydrogen (secondary N) is 2. The molecule has 0 saturated carbocycles. The lowest BCUT2D eigenvalue weighted by molar-refractivity contribution is 0.216. The molecule has 0 amide bonds. The molecule has 0 radical (unpaired) electrons. The van der Waals surface area contributed by atoms with Gasteiger partial charge in [0.15, 0.2) is 0 Å². The number of para-hydroxylation sites is 1. The van der Waals surface area contributed by atoms with Crippen molar-refractivity contribution in [1.29, 1.82) is 0 Å². The van der Waals surface area contributed by atoms with Crippen LogP contribution >= 0.6 is 0 Å². The van der Waals surface area contributed by atoms with Gasteiger partial charge < -0.3 is 15.2 Å². The van der Waals surface area contributed by atoms with Gasteiger partial charge in [0.25, 0.3) is 0 Å². The van der Waals surface area contributed by atoms with Gasteiger partial charge in [-0.15, -0.1) is 0 Å². The SMILES string of the molecule is c1ccc(NCCN2CCC(c3nc(-c4ccc5cc[nH]c5c4)c4cnccn34)CC2)cc1. The molecule has 3 aromatic heterocycles. The standard InChI is InChI=1S/C27H28N6/c1-2-4-23(5-3-1)29-13-16-32-14-9-21(10-15-32)27-31-26(25-19-28-12-17-33(25)27)22-7-6-20-8-11-30-24(20)18-22/h1-8,11-12,17-19,21,29-30H,9-10,13-16H2. The highest BCUT2D eigenvalue weighted by Crippen LogP contribution is 2.33. The Morgan fingerprint density at radius 1 is 1.03 bits per heavy atom. The number of fused-ring (bicyclic) bond motifs is 2. The van der Waals surface area contributed by atoms with Crippen molar-refractivity contribution in [2.24, 2.45) is 0 Å². The number of hydrogen-bond donors (Lipinski definition) is 2. The van der Waals surface area contributed by atoms with E-state index in [4.69, 9.17) is 4.98 Å². The molecule has 0 unspecified atom stereocenters. The summed E-state index contributed by atoms with van der Waals surface area (Å²) in [7, 11) is 0. The van der Waals surface area contributed by atoms with Crippen molar-refractivity contribution in [3.05, 3.63) is 85.2 Å². The van der Waals surface area contributed by atoms with Crippen LogP contribution in [0.5, 0.6) is 0 Å². The third kappa shape index (κ3) is 3.98. The summed E-state index contributed by atoms with van der Waals surface area (Å²) in [6, 6.07) is 19.0. The number of piperidine rings is 1. The highest BCUT2D eigenvalue weighted by atomic mass is 15.1. The molecule has 6 rings (SSSR count). The first-order valence-corrected chi connectivity index (χ1v) is 11.8. The van der Waals surface area contributed by atoms with Gasteiger partial charge in [-0.25, -0.2) is 4.98 Å². The van der Waals surface area contributed by atoms with E-state index in [-0.39, 0.29) is 0 Å². The van der Waals surface area contributed by atoms with E-state index in [0.717, 1.165) is 67.1 Å². The third-order valence-electron chi connectivity index (χ3n) is 6.79. The topological polar surface area (TPSA) is 61.2 Å². The summed E-state index contributed by atoms with van der Waals surface area (Å²) in [6.07, 6.45) is 10.1. The molecule has 0 spiro atoms. The largest absolute Gasteiger partial charge is 0.384 e. The number of nitrogens with zero attached hydrogens (tertiary/aromatic N) is 4. The van der Waals surface area contributed by atoms with E-state index < -0.39 is 0 Å². The Bertz CT molecular complexity index is 1360. The van der Waals surface area contributed by atoms with Crippen molar-refractivity contribution in [3.63, 3.8) is 0 Å². The van der Waals surface area contributed by atoms with Crippen molar-refractivity contribution in [1.82, 2.24) is 24.3 Å². The van der Waals surface area contributed by atoms with E-state index >= 15 is 0 Å². The van der Waals surface area contributed by atoms with Crippen LogP contribution in [-0.4, -0.2) is 50.4 Å². The van der Waals surface area contributed by atoms with E-state index in [1.165, 1.54) is 11.1 Å². The van der Waals surface area contributed by atoms with Crippen LogP contribution in [0.15, 0.2) is 79.4 Å². The Morgan fingerprint density at radius 3 is 2.79 bits per heavy atom. The summed E-state index contributed by atoms with van der Waals surface area (Å²) in [5, 5.41) is 4.74. The van der Waals surface area contributed by atoms with Crippen LogP contribution in [-0.2, 0) is 0 Å². The Hall–Kier alpha value is -3.64. The quantitative estimate of drug-likeness (QED) is 0.386. The number of aromatic nitrogens is 4. The van der Waals surface area contributed by atoms with Gasteiger partial charge in [-0.05, 0) is 55.6 Å². The molecule has 6 heteroatoms. The lowest BCUT2D eigenvalue weighted by Crippen LogP contribution is -2.36. The predicted octanol–water partition coefficient (Wildman–Crippen LogP) is 5.17. The fraction of sp³-hybridized carbons (Fsp3) is 0.259. The van der Waals surface area contributed by atoms with Crippen molar-refractivity contribution < 1.29 is 0 Å². The number of anilines is 1. The highest BCUT2D eigenvalue weighted by molar-refractivity contribution is 5.87. The lowest BCUT2D eigenvalue weighted by Gasteiger charge is -2.31. The van der Waals surface area contributed by atoms with Gasteiger partial charge in [-0.2, -0.15) is 0 Å². The lowest BCUT2D eigenvalue weighted by atomic mass is 9.96. The monoisotopic (exact) mass is 436 g/mol. The van der Waals surface area contributed by atoms with Crippen LogP contribution in [0.3, 0.4) is 0 Å². The molecule has 6 nitrogen and oxygen atoms in total. The van der Waals surface area contributed by atoms with Crippen LogP contribution in [0.25, 0.3) is 27.7 Å². The molecule has 4 heterocycles. The molecule has 0 bridgehead atoms. The summed E-state index contributed by atoms with van der Waals surface area (Å²) in [6.45, 7) is 4.24. The fourth-order valence-corrected chi connectivity index (χ4v) is 4.99. The molecule has 33 heavy (non-hydrogen) atoms. The molecular weight excluding hydrogens is 408 g/mol. The second-order valence-electron chi connectivity index (χ2n) is 8.84. The minimum atomic E-state index is 0.459. The first-order chi connectivity index (χ1) is 16.3. The van der Waals surface area contributed by atoms with Gasteiger partial charge in [0.2, 0.25) is 0 Å². The maximum atomic E-state index is 5.18. The summed E-state index contributed by atoms with van der Waals surface area (Å²) in [4.78, 5) is 15.5. The minimum Gasteiger partial charge on any atom is -0.384 e. The zero-order chi connectivity index (χ0) is 22.0. The Kier molecular flexibility index (Phi) is 5.28. The van der Waals surface area contributed by atoms with Crippen LogP contribution < -0.4 is 5.32 Å². The molecule has 0 atom stereocenters. The third-order valence-corrected chi connectivity index (χ3v) is 6.79. The first kappa shape index (κ1) is 20.0. The van der Waals surface area contributed by atoms with Crippen molar-refractivity contribution in [2.45, 2.75) is 18.8 Å². The maximum absolute atomic E-state index is 5.18. The van der Waals surface area contributed by atoms with E-state index in [0.29, 0.717) is 5.92 Å². The smallest absolute Gasteiger partial charge is 0.117 e. The van der Waals surface area contributed by atoms with Crippen LogP contribution in [0, 0.1) is 0 Å². The fourth-order valence-electron chi connectivity index (χ4n) is 4.99. The minimum absolute atomic E-state index is 0.459. The Balaban J connectivity index is 1.18. The number of aromatic amines is 1. The molecule has 1 fully saturated rings. The normalized spacial score (nSPS) is 15.4. The van der Waals surface area contributed by atoms with Crippen LogP contribution in [0.2, 0.25) is 0 Å². The number of imidazole rings is 1. The van der Waals surface area contributed by atoms with Gasteiger partial charge in [-0.1, -0.05) is 30.3 Å². The molecule has 0 aliphatic carbocycles. The summed E-state index contributed by atoms with van der Waals surface area (Å²) < 4.78 is 2.25. The van der Waals surface area contributed by atoms with E-state index in [1.54, 1.807) is 0 Å². The van der Waals surface area contributed by atoms with Crippen molar-refractivity contribution >= 4 is 22.1 Å². The van der Waals surface area contributed by atoms with Crippen molar-refractivity contribution in [2.75, 3.05) is 31.5 Å². The van der Waals surface area contributed by atoms with Crippen LogP contribution in [0.4, 0.5) is 5.69 Å². The summed E-state index contributed by atoms with van der Waals surface area (Å²) in [5.41, 5.74) is 5.55. The molecule has 2 N–H and O–H groups in total. The zero-order valence-electron chi connectivity index (χ0n) is 18.6. The highest BCUT2D eigenvalue weighted by Gasteiger charge is 2.25. The van der Waals surface area contributed by atoms with Gasteiger partial charge in [0.05, 0.1) is 17.4 Å². The van der Waals surface area contributed by atoms with E-state index in [9.17, 15) is 0 Å².